The summed E-state index contributed by atoms with van der Waals surface area (Å²) in [5.74, 6) is 1.40. The van der Waals surface area contributed by atoms with Gasteiger partial charge in [0.25, 0.3) is 0 Å². The Bertz CT molecular complexity index is 3490. The number of benzene rings is 9. The number of aliphatic imine (C=N–C) groups is 2. The van der Waals surface area contributed by atoms with Crippen molar-refractivity contribution in [3.8, 4) is 0 Å². The minimum absolute atomic E-state index is 0.359. The van der Waals surface area contributed by atoms with Gasteiger partial charge >= 0.3 is 0 Å². The lowest BCUT2D eigenvalue weighted by Gasteiger charge is -2.28. The van der Waals surface area contributed by atoms with Gasteiger partial charge in [0.15, 0.2) is 5.84 Å². The van der Waals surface area contributed by atoms with Crippen LogP contribution in [0.25, 0.3) is 63.7 Å². The SMILES string of the molecule is c1ccc(C2=NC(c3ccccc3)NC(c3cc(N(c4ccc5ccccc5c4)c4ccc5sc6ccccc6c5c4)cc4oc5c6ccccc6ccc5c34)=N2)cc1. The Hall–Kier alpha value is -7.54. The van der Waals surface area contributed by atoms with Crippen molar-refractivity contribution in [3.63, 3.8) is 0 Å². The standard InChI is InChI=1S/C53H34N4OS/c1-3-15-35(16-4-1)51-54-52(36-17-5-2-6-18-36)56-53(55-51)45-31-40(32-46-49(45)43-27-24-34-14-9-10-20-41(34)50(43)58-46)57(38-25-23-33-13-7-8-19-37(33)29-38)39-26-28-48-44(30-39)42-21-11-12-22-47(42)59-48/h1-32,51H,(H,54,55,56). The summed E-state index contributed by atoms with van der Waals surface area (Å²) in [4.78, 5) is 12.9. The number of furan rings is 1. The molecule has 1 N–H and O–H groups in total. The van der Waals surface area contributed by atoms with E-state index in [2.05, 4.69) is 180 Å². The van der Waals surface area contributed by atoms with Gasteiger partial charge in [-0.1, -0.05) is 140 Å². The molecule has 6 heteroatoms. The highest BCUT2D eigenvalue weighted by Gasteiger charge is 2.27. The van der Waals surface area contributed by atoms with Gasteiger partial charge in [-0.2, -0.15) is 0 Å². The molecule has 0 saturated carbocycles. The first-order valence-electron chi connectivity index (χ1n) is 19.8. The number of nitrogens with one attached hydrogen (secondary N) is 1. The fraction of sp³-hybridized carbons (Fsp3) is 0.0189. The second-order valence-electron chi connectivity index (χ2n) is 15.0. The smallest absolute Gasteiger partial charge is 0.159 e. The molecule has 1 unspecified atom stereocenters. The number of hydrogen-bond donors (Lipinski definition) is 1. The summed E-state index contributed by atoms with van der Waals surface area (Å²) in [5.41, 5.74) is 7.62. The van der Waals surface area contributed by atoms with Crippen molar-refractivity contribution in [2.24, 2.45) is 9.98 Å². The van der Waals surface area contributed by atoms with E-state index in [1.807, 2.05) is 35.6 Å². The maximum atomic E-state index is 7.03. The summed E-state index contributed by atoms with van der Waals surface area (Å²) in [6, 6.07) is 68.7. The van der Waals surface area contributed by atoms with Crippen molar-refractivity contribution < 1.29 is 4.42 Å². The van der Waals surface area contributed by atoms with E-state index in [4.69, 9.17) is 14.4 Å². The molecule has 0 saturated heterocycles. The molecule has 1 aliphatic rings. The molecule has 0 amide bonds. The predicted molar refractivity (Wildman–Crippen MR) is 248 cm³/mol. The number of amidine groups is 2. The first-order valence-corrected chi connectivity index (χ1v) is 20.7. The van der Waals surface area contributed by atoms with E-state index in [1.54, 1.807) is 0 Å². The second kappa shape index (κ2) is 13.5. The van der Waals surface area contributed by atoms with E-state index in [0.717, 1.165) is 72.3 Å². The van der Waals surface area contributed by atoms with Crippen molar-refractivity contribution in [2.75, 3.05) is 4.90 Å². The minimum Gasteiger partial charge on any atom is -0.455 e. The molecule has 0 fully saturated rings. The van der Waals surface area contributed by atoms with E-state index < -0.39 is 0 Å². The maximum Gasteiger partial charge on any atom is 0.159 e. The monoisotopic (exact) mass is 774 g/mol. The molecular weight excluding hydrogens is 741 g/mol. The van der Waals surface area contributed by atoms with Crippen LogP contribution in [0.5, 0.6) is 0 Å². The molecule has 5 nitrogen and oxygen atoms in total. The van der Waals surface area contributed by atoms with E-state index >= 15 is 0 Å². The number of nitrogens with zero attached hydrogens (tertiary/aromatic N) is 3. The van der Waals surface area contributed by atoms with Gasteiger partial charge in [0.05, 0.1) is 5.69 Å². The van der Waals surface area contributed by atoms with Crippen LogP contribution >= 0.6 is 11.3 Å². The number of anilines is 3. The van der Waals surface area contributed by atoms with Gasteiger partial charge < -0.3 is 14.6 Å². The van der Waals surface area contributed by atoms with Crippen molar-refractivity contribution in [2.45, 2.75) is 6.17 Å². The summed E-state index contributed by atoms with van der Waals surface area (Å²) < 4.78 is 9.57. The van der Waals surface area contributed by atoms with Gasteiger partial charge in [0.2, 0.25) is 0 Å². The molecule has 1 atom stereocenters. The molecule has 11 aromatic rings. The molecule has 12 rings (SSSR count). The highest BCUT2D eigenvalue weighted by atomic mass is 32.1. The number of rotatable bonds is 6. The van der Waals surface area contributed by atoms with Gasteiger partial charge in [0, 0.05) is 64.9 Å². The average molecular weight is 775 g/mol. The van der Waals surface area contributed by atoms with Crippen molar-refractivity contribution in [3.05, 3.63) is 211 Å². The zero-order valence-corrected chi connectivity index (χ0v) is 32.5. The van der Waals surface area contributed by atoms with Crippen LogP contribution < -0.4 is 10.2 Å². The first kappa shape index (κ1) is 33.6. The van der Waals surface area contributed by atoms with Crippen LogP contribution in [0.4, 0.5) is 17.1 Å². The van der Waals surface area contributed by atoms with Crippen molar-refractivity contribution >= 4 is 104 Å². The minimum atomic E-state index is -0.359. The molecule has 3 heterocycles. The summed E-state index contributed by atoms with van der Waals surface area (Å²) in [7, 11) is 0. The number of hydrogen-bond acceptors (Lipinski definition) is 6. The normalized spacial score (nSPS) is 14.3. The third kappa shape index (κ3) is 5.68. The maximum absolute atomic E-state index is 7.03. The lowest BCUT2D eigenvalue weighted by Crippen LogP contribution is -2.33. The van der Waals surface area contributed by atoms with E-state index in [1.165, 1.54) is 30.9 Å². The highest BCUT2D eigenvalue weighted by molar-refractivity contribution is 7.25. The lowest BCUT2D eigenvalue weighted by atomic mass is 10.00. The molecule has 2 aromatic heterocycles. The zero-order chi connectivity index (χ0) is 38.9. The van der Waals surface area contributed by atoms with Crippen LogP contribution in [-0.4, -0.2) is 11.7 Å². The van der Waals surface area contributed by atoms with E-state index in [9.17, 15) is 0 Å². The summed E-state index contributed by atoms with van der Waals surface area (Å²) >= 11 is 1.83. The van der Waals surface area contributed by atoms with Gasteiger partial charge in [-0.05, 0) is 70.3 Å². The van der Waals surface area contributed by atoms with Gasteiger partial charge in [-0.3, -0.25) is 0 Å². The Balaban J connectivity index is 1.15. The van der Waals surface area contributed by atoms with E-state index in [-0.39, 0.29) is 6.17 Å². The topological polar surface area (TPSA) is 53.1 Å². The Morgan fingerprint density at radius 3 is 2.05 bits per heavy atom. The molecule has 9 aromatic carbocycles. The molecule has 0 bridgehead atoms. The summed E-state index contributed by atoms with van der Waals surface area (Å²) in [5, 5.41) is 12.9. The Labute approximate surface area is 343 Å². The average Bonchev–Trinajstić information content (AvgIpc) is 3.88. The summed E-state index contributed by atoms with van der Waals surface area (Å²) in [6.45, 7) is 0. The van der Waals surface area contributed by atoms with Crippen LogP contribution in [0.1, 0.15) is 22.9 Å². The molecule has 278 valence electrons. The molecule has 0 aliphatic carbocycles. The lowest BCUT2D eigenvalue weighted by molar-refractivity contribution is 0.670. The predicted octanol–water partition coefficient (Wildman–Crippen LogP) is 14.2. The Morgan fingerprint density at radius 1 is 0.508 bits per heavy atom. The van der Waals surface area contributed by atoms with Gasteiger partial charge in [0.1, 0.15) is 23.2 Å². The Morgan fingerprint density at radius 2 is 1.19 bits per heavy atom. The molecule has 59 heavy (non-hydrogen) atoms. The van der Waals surface area contributed by atoms with Gasteiger partial charge in [-0.25, -0.2) is 9.98 Å². The fourth-order valence-corrected chi connectivity index (χ4v) is 9.75. The fourth-order valence-electron chi connectivity index (χ4n) is 8.66. The summed E-state index contributed by atoms with van der Waals surface area (Å²) in [6.07, 6.45) is -0.359. The molecular formula is C53H34N4OS. The molecule has 0 spiro atoms. The van der Waals surface area contributed by atoms with E-state index in [0.29, 0.717) is 5.84 Å². The van der Waals surface area contributed by atoms with Gasteiger partial charge in [-0.15, -0.1) is 11.3 Å². The van der Waals surface area contributed by atoms with Crippen LogP contribution in [0.3, 0.4) is 0 Å². The van der Waals surface area contributed by atoms with Crippen LogP contribution in [0.2, 0.25) is 0 Å². The van der Waals surface area contributed by atoms with Crippen LogP contribution in [0.15, 0.2) is 209 Å². The number of thiophene rings is 1. The van der Waals surface area contributed by atoms with Crippen LogP contribution in [0, 0.1) is 0 Å². The molecule has 1 aliphatic heterocycles. The van der Waals surface area contributed by atoms with Crippen LogP contribution in [-0.2, 0) is 0 Å². The largest absolute Gasteiger partial charge is 0.455 e. The number of fused-ring (bicyclic) bond motifs is 9. The van der Waals surface area contributed by atoms with Crippen molar-refractivity contribution in [1.82, 2.24) is 5.32 Å². The molecule has 0 radical (unpaired) electrons. The first-order chi connectivity index (χ1) is 29.2. The third-order valence-corrected chi connectivity index (χ3v) is 12.6. The Kier molecular flexibility index (Phi) is 7.71. The zero-order valence-electron chi connectivity index (χ0n) is 31.7. The quantitative estimate of drug-likeness (QED) is 0.183. The third-order valence-electron chi connectivity index (χ3n) is 11.5. The van der Waals surface area contributed by atoms with Crippen molar-refractivity contribution in [1.29, 1.82) is 0 Å². The second-order valence-corrected chi connectivity index (χ2v) is 16.1. The highest BCUT2D eigenvalue weighted by Crippen LogP contribution is 2.45.